The van der Waals surface area contributed by atoms with Gasteiger partial charge in [0, 0.05) is 11.7 Å². The Hall–Kier alpha value is -1.42. The minimum Gasteiger partial charge on any atom is -0.393 e. The molecule has 0 spiro atoms. The molecule has 1 unspecified atom stereocenters. The summed E-state index contributed by atoms with van der Waals surface area (Å²) >= 11 is 4.77. The number of amides is 1. The largest absolute Gasteiger partial charge is 0.393 e. The molecule has 0 saturated carbocycles. The molecule has 0 bridgehead atoms. The van der Waals surface area contributed by atoms with Gasteiger partial charge in [-0.2, -0.15) is 0 Å². The van der Waals surface area contributed by atoms with Crippen LogP contribution in [-0.2, 0) is 11.2 Å². The predicted molar refractivity (Wildman–Crippen MR) is 68.5 cm³/mol. The SMILES string of the molecule is CC1Cc2ccccc2N1C(=O)CC(N)=S. The second-order valence-corrected chi connectivity index (χ2v) is 4.61. The lowest BCUT2D eigenvalue weighted by atomic mass is 10.1. The van der Waals surface area contributed by atoms with Crippen molar-refractivity contribution in [3.05, 3.63) is 29.8 Å². The Bertz CT molecular complexity index is 444. The molecular weight excluding hydrogens is 220 g/mol. The molecule has 1 aliphatic rings. The molecule has 1 aliphatic heterocycles. The van der Waals surface area contributed by atoms with E-state index in [9.17, 15) is 4.79 Å². The molecule has 0 fully saturated rings. The third kappa shape index (κ3) is 1.93. The van der Waals surface area contributed by atoms with Crippen LogP contribution in [0, 0.1) is 0 Å². The zero-order valence-corrected chi connectivity index (χ0v) is 9.96. The predicted octanol–water partition coefficient (Wildman–Crippen LogP) is 1.64. The van der Waals surface area contributed by atoms with Gasteiger partial charge in [0.05, 0.1) is 11.4 Å². The van der Waals surface area contributed by atoms with Gasteiger partial charge in [-0.3, -0.25) is 4.79 Å². The lowest BCUT2D eigenvalue weighted by Gasteiger charge is -2.22. The molecule has 16 heavy (non-hydrogen) atoms. The van der Waals surface area contributed by atoms with Crippen molar-refractivity contribution >= 4 is 28.8 Å². The Balaban J connectivity index is 2.28. The number of hydrogen-bond acceptors (Lipinski definition) is 2. The molecule has 1 aromatic carbocycles. The van der Waals surface area contributed by atoms with E-state index in [-0.39, 0.29) is 23.4 Å². The number of hydrogen-bond donors (Lipinski definition) is 1. The second kappa shape index (κ2) is 4.22. The van der Waals surface area contributed by atoms with Crippen LogP contribution in [0.1, 0.15) is 18.9 Å². The minimum atomic E-state index is -0.00931. The Labute approximate surface area is 100 Å². The second-order valence-electron chi connectivity index (χ2n) is 4.09. The minimum absolute atomic E-state index is 0.00931. The summed E-state index contributed by atoms with van der Waals surface area (Å²) in [7, 11) is 0. The molecule has 1 aromatic rings. The highest BCUT2D eigenvalue weighted by Gasteiger charge is 2.30. The number of anilines is 1. The van der Waals surface area contributed by atoms with Crippen LogP contribution in [0.25, 0.3) is 0 Å². The van der Waals surface area contributed by atoms with Crippen molar-refractivity contribution < 1.29 is 4.79 Å². The number of carbonyl (C=O) groups excluding carboxylic acids is 1. The molecular formula is C12H14N2OS. The molecule has 2 N–H and O–H groups in total. The molecule has 1 heterocycles. The summed E-state index contributed by atoms with van der Waals surface area (Å²) in [4.78, 5) is 14.0. The molecule has 3 nitrogen and oxygen atoms in total. The van der Waals surface area contributed by atoms with Crippen LogP contribution in [0.4, 0.5) is 5.69 Å². The molecule has 0 radical (unpaired) electrons. The van der Waals surface area contributed by atoms with Crippen molar-refractivity contribution in [3.63, 3.8) is 0 Å². The quantitative estimate of drug-likeness (QED) is 0.791. The zero-order chi connectivity index (χ0) is 11.7. The first-order valence-electron chi connectivity index (χ1n) is 5.28. The van der Waals surface area contributed by atoms with Crippen LogP contribution in [0.2, 0.25) is 0 Å². The average Bonchev–Trinajstić information content (AvgIpc) is 2.52. The first kappa shape index (κ1) is 11.1. The third-order valence-corrected chi connectivity index (χ3v) is 2.95. The van der Waals surface area contributed by atoms with Crippen LogP contribution in [0.15, 0.2) is 24.3 Å². The van der Waals surface area contributed by atoms with E-state index in [1.165, 1.54) is 5.56 Å². The topological polar surface area (TPSA) is 46.3 Å². The lowest BCUT2D eigenvalue weighted by molar-refractivity contribution is -0.117. The summed E-state index contributed by atoms with van der Waals surface area (Å²) < 4.78 is 0. The Kier molecular flexibility index (Phi) is 2.92. The van der Waals surface area contributed by atoms with Crippen LogP contribution in [0.5, 0.6) is 0 Å². The van der Waals surface area contributed by atoms with E-state index in [4.69, 9.17) is 18.0 Å². The first-order valence-corrected chi connectivity index (χ1v) is 5.68. The van der Waals surface area contributed by atoms with Gasteiger partial charge in [-0.15, -0.1) is 0 Å². The number of carbonyl (C=O) groups is 1. The Morgan fingerprint density at radius 1 is 1.56 bits per heavy atom. The summed E-state index contributed by atoms with van der Waals surface area (Å²) in [5.74, 6) is -0.00931. The van der Waals surface area contributed by atoms with Crippen molar-refractivity contribution in [1.29, 1.82) is 0 Å². The fourth-order valence-electron chi connectivity index (χ4n) is 2.18. The van der Waals surface area contributed by atoms with Crippen molar-refractivity contribution in [2.24, 2.45) is 5.73 Å². The average molecular weight is 234 g/mol. The Morgan fingerprint density at radius 2 is 2.25 bits per heavy atom. The number of rotatable bonds is 2. The maximum Gasteiger partial charge on any atom is 0.234 e. The lowest BCUT2D eigenvalue weighted by Crippen LogP contribution is -2.37. The molecule has 1 amide bonds. The van der Waals surface area contributed by atoms with Gasteiger partial charge in [0.25, 0.3) is 0 Å². The van der Waals surface area contributed by atoms with Crippen molar-refractivity contribution in [1.82, 2.24) is 0 Å². The maximum absolute atomic E-state index is 12.0. The van der Waals surface area contributed by atoms with E-state index >= 15 is 0 Å². The highest BCUT2D eigenvalue weighted by atomic mass is 32.1. The fourth-order valence-corrected chi connectivity index (χ4v) is 2.30. The molecule has 0 saturated heterocycles. The van der Waals surface area contributed by atoms with E-state index < -0.39 is 0 Å². The van der Waals surface area contributed by atoms with Gasteiger partial charge in [0.15, 0.2) is 0 Å². The molecule has 0 aliphatic carbocycles. The van der Waals surface area contributed by atoms with Gasteiger partial charge < -0.3 is 10.6 Å². The number of thiocarbonyl (C=S) groups is 1. The number of nitrogens with two attached hydrogens (primary N) is 1. The smallest absolute Gasteiger partial charge is 0.234 e. The van der Waals surface area contributed by atoms with E-state index in [1.807, 2.05) is 25.1 Å². The zero-order valence-electron chi connectivity index (χ0n) is 9.14. The molecule has 2 rings (SSSR count). The standard InChI is InChI=1S/C12H14N2OS/c1-8-6-9-4-2-3-5-10(9)14(8)12(15)7-11(13)16/h2-5,8H,6-7H2,1H3,(H2,13,16). The summed E-state index contributed by atoms with van der Waals surface area (Å²) in [5.41, 5.74) is 7.62. The number of para-hydroxylation sites is 1. The van der Waals surface area contributed by atoms with E-state index in [0.29, 0.717) is 0 Å². The number of benzene rings is 1. The number of fused-ring (bicyclic) bond motifs is 1. The monoisotopic (exact) mass is 234 g/mol. The van der Waals surface area contributed by atoms with Crippen molar-refractivity contribution in [3.8, 4) is 0 Å². The third-order valence-electron chi connectivity index (χ3n) is 2.80. The molecule has 0 aromatic heterocycles. The van der Waals surface area contributed by atoms with Crippen LogP contribution in [0.3, 0.4) is 0 Å². The summed E-state index contributed by atoms with van der Waals surface area (Å²) in [6.45, 7) is 2.04. The van der Waals surface area contributed by atoms with Crippen LogP contribution in [-0.4, -0.2) is 16.9 Å². The maximum atomic E-state index is 12.0. The van der Waals surface area contributed by atoms with Gasteiger partial charge in [-0.05, 0) is 25.0 Å². The van der Waals surface area contributed by atoms with Gasteiger partial charge in [-0.25, -0.2) is 0 Å². The van der Waals surface area contributed by atoms with Crippen LogP contribution < -0.4 is 10.6 Å². The summed E-state index contributed by atoms with van der Waals surface area (Å²) in [6, 6.07) is 8.15. The van der Waals surface area contributed by atoms with Gasteiger partial charge in [0.1, 0.15) is 0 Å². The van der Waals surface area contributed by atoms with E-state index in [2.05, 4.69) is 6.07 Å². The van der Waals surface area contributed by atoms with Crippen molar-refractivity contribution in [2.75, 3.05) is 4.90 Å². The Morgan fingerprint density at radius 3 is 2.94 bits per heavy atom. The van der Waals surface area contributed by atoms with E-state index in [0.717, 1.165) is 12.1 Å². The molecule has 84 valence electrons. The van der Waals surface area contributed by atoms with Crippen LogP contribution >= 0.6 is 12.2 Å². The highest BCUT2D eigenvalue weighted by molar-refractivity contribution is 7.80. The first-order chi connectivity index (χ1) is 7.59. The summed E-state index contributed by atoms with van der Waals surface area (Å²) in [5, 5.41) is 0. The van der Waals surface area contributed by atoms with E-state index in [1.54, 1.807) is 4.90 Å². The van der Waals surface area contributed by atoms with Gasteiger partial charge in [0.2, 0.25) is 5.91 Å². The van der Waals surface area contributed by atoms with Crippen molar-refractivity contribution in [2.45, 2.75) is 25.8 Å². The summed E-state index contributed by atoms with van der Waals surface area (Å²) in [6.07, 6.45) is 1.05. The normalized spacial score (nSPS) is 18.3. The molecule has 1 atom stereocenters. The molecule has 4 heteroatoms. The number of nitrogens with zero attached hydrogens (tertiary/aromatic N) is 1. The van der Waals surface area contributed by atoms with Gasteiger partial charge >= 0.3 is 0 Å². The van der Waals surface area contributed by atoms with Gasteiger partial charge in [-0.1, -0.05) is 30.4 Å². The highest BCUT2D eigenvalue weighted by Crippen LogP contribution is 2.32. The fraction of sp³-hybridized carbons (Fsp3) is 0.333.